The minimum absolute atomic E-state index is 0.710. The van der Waals surface area contributed by atoms with E-state index in [1.807, 2.05) is 60.7 Å². The van der Waals surface area contributed by atoms with Crippen molar-refractivity contribution in [2.24, 2.45) is 0 Å². The minimum Gasteiger partial charge on any atom is -0.427 e. The lowest BCUT2D eigenvalue weighted by molar-refractivity contribution is 0.190. The highest BCUT2D eigenvalue weighted by atomic mass is 16.5. The lowest BCUT2D eigenvalue weighted by atomic mass is 10.1. The molecule has 0 radical (unpaired) electrons. The van der Waals surface area contributed by atoms with Gasteiger partial charge in [0.25, 0.3) is 0 Å². The van der Waals surface area contributed by atoms with E-state index in [4.69, 9.17) is 0 Å². The van der Waals surface area contributed by atoms with E-state index in [0.717, 1.165) is 21.6 Å². The molecule has 1 N–H and O–H groups in total. The van der Waals surface area contributed by atoms with Crippen LogP contribution in [0.15, 0.2) is 67.0 Å². The van der Waals surface area contributed by atoms with Crippen molar-refractivity contribution in [3.63, 3.8) is 0 Å². The third-order valence-electron chi connectivity index (χ3n) is 2.84. The molecule has 0 aliphatic carbocycles. The molecule has 0 aliphatic rings. The molecule has 0 unspecified atom stereocenters. The minimum atomic E-state index is 0.710. The maximum absolute atomic E-state index is 9.90. The molecular weight excluding hydrogens is 224 g/mol. The number of imidazole rings is 1. The van der Waals surface area contributed by atoms with Gasteiger partial charge in [-0.25, -0.2) is 4.98 Å². The molecule has 0 spiro atoms. The fourth-order valence-corrected chi connectivity index (χ4v) is 2.01. The highest BCUT2D eigenvalue weighted by molar-refractivity contribution is 5.78. The van der Waals surface area contributed by atoms with Crippen LogP contribution < -0.4 is 0 Å². The average Bonchev–Trinajstić information content (AvgIpc) is 2.83. The largest absolute Gasteiger partial charge is 0.427 e. The predicted molar refractivity (Wildman–Crippen MR) is 70.3 cm³/mol. The number of nitrogens with zero attached hydrogens (tertiary/aromatic N) is 2. The molecule has 1 aromatic heterocycles. The molecule has 0 bridgehead atoms. The summed E-state index contributed by atoms with van der Waals surface area (Å²) in [6.07, 6.45) is 1.42. The Hall–Kier alpha value is -2.55. The molecule has 88 valence electrons. The summed E-state index contributed by atoms with van der Waals surface area (Å²) in [7, 11) is 0. The summed E-state index contributed by atoms with van der Waals surface area (Å²) in [6, 6.07) is 19.6. The van der Waals surface area contributed by atoms with E-state index in [2.05, 4.69) is 4.98 Å². The summed E-state index contributed by atoms with van der Waals surface area (Å²) in [5.41, 5.74) is 3.42. The Labute approximate surface area is 105 Å². The van der Waals surface area contributed by atoms with E-state index in [1.165, 1.54) is 6.33 Å². The molecule has 3 rings (SSSR count). The Kier molecular flexibility index (Phi) is 2.57. The highest BCUT2D eigenvalue weighted by Crippen LogP contribution is 2.29. The van der Waals surface area contributed by atoms with Gasteiger partial charge in [0.15, 0.2) is 0 Å². The summed E-state index contributed by atoms with van der Waals surface area (Å²) in [5.74, 6) is 0. The zero-order valence-electron chi connectivity index (χ0n) is 9.69. The van der Waals surface area contributed by atoms with Crippen LogP contribution in [-0.2, 0) is 0 Å². The number of benzene rings is 2. The normalized spacial score (nSPS) is 10.4. The maximum Gasteiger partial charge on any atom is 0.133 e. The third-order valence-corrected chi connectivity index (χ3v) is 2.84. The van der Waals surface area contributed by atoms with Crippen LogP contribution >= 0.6 is 0 Å². The van der Waals surface area contributed by atoms with Gasteiger partial charge in [0.2, 0.25) is 0 Å². The van der Waals surface area contributed by atoms with Crippen LogP contribution in [0.5, 0.6) is 0 Å². The predicted octanol–water partition coefficient (Wildman–Crippen LogP) is 3.45. The molecule has 0 aliphatic heterocycles. The van der Waals surface area contributed by atoms with Gasteiger partial charge >= 0.3 is 0 Å². The summed E-state index contributed by atoms with van der Waals surface area (Å²) in [5, 5.41) is 9.90. The van der Waals surface area contributed by atoms with Crippen LogP contribution in [0.2, 0.25) is 0 Å². The Balaban J connectivity index is 2.19. The van der Waals surface area contributed by atoms with Crippen molar-refractivity contribution in [1.82, 2.24) is 9.71 Å². The number of rotatable bonds is 2. The van der Waals surface area contributed by atoms with Crippen LogP contribution in [0.4, 0.5) is 0 Å². The topological polar surface area (TPSA) is 38.0 Å². The van der Waals surface area contributed by atoms with Gasteiger partial charge in [-0.1, -0.05) is 60.7 Å². The Morgan fingerprint density at radius 1 is 0.778 bits per heavy atom. The van der Waals surface area contributed by atoms with E-state index < -0.39 is 0 Å². The number of hydrogen-bond donors (Lipinski definition) is 1. The van der Waals surface area contributed by atoms with Gasteiger partial charge in [0.1, 0.15) is 12.0 Å². The Morgan fingerprint density at radius 3 is 1.94 bits per heavy atom. The van der Waals surface area contributed by atoms with Gasteiger partial charge in [-0.3, -0.25) is 0 Å². The van der Waals surface area contributed by atoms with Crippen molar-refractivity contribution < 1.29 is 5.21 Å². The summed E-state index contributed by atoms with van der Waals surface area (Å²) in [4.78, 5) is 4.28. The monoisotopic (exact) mass is 236 g/mol. The van der Waals surface area contributed by atoms with Crippen molar-refractivity contribution in [3.8, 4) is 22.5 Å². The third kappa shape index (κ3) is 1.76. The first kappa shape index (κ1) is 10.6. The Morgan fingerprint density at radius 2 is 1.33 bits per heavy atom. The lowest BCUT2D eigenvalue weighted by Crippen LogP contribution is -1.92. The molecule has 0 saturated heterocycles. The summed E-state index contributed by atoms with van der Waals surface area (Å²) >= 11 is 0. The van der Waals surface area contributed by atoms with Gasteiger partial charge in [-0.05, 0) is 0 Å². The lowest BCUT2D eigenvalue weighted by Gasteiger charge is -2.05. The highest BCUT2D eigenvalue weighted by Gasteiger charge is 2.13. The molecule has 0 fully saturated rings. The molecule has 3 aromatic rings. The van der Waals surface area contributed by atoms with E-state index in [9.17, 15) is 5.21 Å². The first-order valence-electron chi connectivity index (χ1n) is 5.73. The van der Waals surface area contributed by atoms with E-state index in [0.29, 0.717) is 5.69 Å². The SMILES string of the molecule is On1cnc(-c2ccccc2)c1-c1ccccc1. The second kappa shape index (κ2) is 4.37. The van der Waals surface area contributed by atoms with E-state index >= 15 is 0 Å². The van der Waals surface area contributed by atoms with E-state index in [-0.39, 0.29) is 0 Å². The molecule has 0 saturated carbocycles. The van der Waals surface area contributed by atoms with Crippen molar-refractivity contribution in [1.29, 1.82) is 0 Å². The first-order valence-corrected chi connectivity index (χ1v) is 5.73. The second-order valence-corrected chi connectivity index (χ2v) is 4.02. The number of hydrogen-bond acceptors (Lipinski definition) is 2. The van der Waals surface area contributed by atoms with Crippen molar-refractivity contribution in [2.75, 3.05) is 0 Å². The number of aromatic nitrogens is 2. The fraction of sp³-hybridized carbons (Fsp3) is 0. The van der Waals surface area contributed by atoms with Crippen LogP contribution in [0.1, 0.15) is 0 Å². The van der Waals surface area contributed by atoms with E-state index in [1.54, 1.807) is 0 Å². The van der Waals surface area contributed by atoms with Crippen molar-refractivity contribution in [2.45, 2.75) is 0 Å². The Bertz CT molecular complexity index is 645. The van der Waals surface area contributed by atoms with Crippen LogP contribution in [0, 0.1) is 0 Å². The van der Waals surface area contributed by atoms with Crippen LogP contribution in [-0.4, -0.2) is 14.9 Å². The second-order valence-electron chi connectivity index (χ2n) is 4.02. The fourth-order valence-electron chi connectivity index (χ4n) is 2.01. The molecule has 0 atom stereocenters. The standard InChI is InChI=1S/C15H12N2O/c18-17-11-16-14(12-7-3-1-4-8-12)15(17)13-9-5-2-6-10-13/h1-11,18H. The molecule has 3 heteroatoms. The zero-order chi connectivity index (χ0) is 12.4. The molecule has 18 heavy (non-hydrogen) atoms. The summed E-state index contributed by atoms with van der Waals surface area (Å²) < 4.78 is 1.07. The van der Waals surface area contributed by atoms with Gasteiger partial charge in [-0.15, -0.1) is 0 Å². The van der Waals surface area contributed by atoms with Gasteiger partial charge < -0.3 is 5.21 Å². The van der Waals surface area contributed by atoms with Gasteiger partial charge in [0.05, 0.1) is 5.69 Å². The van der Waals surface area contributed by atoms with Crippen molar-refractivity contribution >= 4 is 0 Å². The smallest absolute Gasteiger partial charge is 0.133 e. The molecule has 0 amide bonds. The molecule has 3 nitrogen and oxygen atoms in total. The molecular formula is C15H12N2O. The average molecular weight is 236 g/mol. The maximum atomic E-state index is 9.90. The summed E-state index contributed by atoms with van der Waals surface area (Å²) in [6.45, 7) is 0. The van der Waals surface area contributed by atoms with Crippen LogP contribution in [0.25, 0.3) is 22.5 Å². The first-order chi connectivity index (χ1) is 8.86. The van der Waals surface area contributed by atoms with Gasteiger partial charge in [-0.2, -0.15) is 4.73 Å². The van der Waals surface area contributed by atoms with Gasteiger partial charge in [0, 0.05) is 11.1 Å². The quantitative estimate of drug-likeness (QED) is 0.692. The van der Waals surface area contributed by atoms with Crippen LogP contribution in [0.3, 0.4) is 0 Å². The van der Waals surface area contributed by atoms with Crippen molar-refractivity contribution in [3.05, 3.63) is 67.0 Å². The zero-order valence-corrected chi connectivity index (χ0v) is 9.69. The molecule has 2 aromatic carbocycles. The molecule has 1 heterocycles.